The van der Waals surface area contributed by atoms with Crippen LogP contribution in [0.25, 0.3) is 0 Å². The maximum atomic E-state index is 13.8. The van der Waals surface area contributed by atoms with Crippen LogP contribution in [0.3, 0.4) is 0 Å². The van der Waals surface area contributed by atoms with E-state index in [1.807, 2.05) is 0 Å². The standard InChI is InChI=1S/C12H11F2N3S/c13-9-6-8(2-3-15)7-10(14)11(9)18-12-16-4-1-5-17-12/h1,4-7H,2-3,15H2. The van der Waals surface area contributed by atoms with Gasteiger partial charge < -0.3 is 5.73 Å². The van der Waals surface area contributed by atoms with Gasteiger partial charge in [-0.05, 0) is 48.5 Å². The summed E-state index contributed by atoms with van der Waals surface area (Å²) < 4.78 is 27.5. The van der Waals surface area contributed by atoms with E-state index in [0.717, 1.165) is 11.8 Å². The van der Waals surface area contributed by atoms with E-state index in [0.29, 0.717) is 23.7 Å². The molecule has 2 rings (SSSR count). The third-order valence-corrected chi connectivity index (χ3v) is 3.21. The average molecular weight is 267 g/mol. The lowest BCUT2D eigenvalue weighted by Gasteiger charge is -2.06. The van der Waals surface area contributed by atoms with Crippen LogP contribution < -0.4 is 5.73 Å². The molecule has 1 aromatic carbocycles. The summed E-state index contributed by atoms with van der Waals surface area (Å²) in [6, 6.07) is 4.23. The second-order valence-electron chi connectivity index (χ2n) is 3.56. The van der Waals surface area contributed by atoms with Gasteiger partial charge in [0.25, 0.3) is 0 Å². The van der Waals surface area contributed by atoms with Gasteiger partial charge in [-0.3, -0.25) is 0 Å². The van der Waals surface area contributed by atoms with E-state index in [9.17, 15) is 8.78 Å². The first kappa shape index (κ1) is 12.9. The maximum absolute atomic E-state index is 13.8. The summed E-state index contributed by atoms with van der Waals surface area (Å²) >= 11 is 0.864. The van der Waals surface area contributed by atoms with Crippen molar-refractivity contribution in [2.45, 2.75) is 16.5 Å². The quantitative estimate of drug-likeness (QED) is 0.864. The summed E-state index contributed by atoms with van der Waals surface area (Å²) in [5, 5.41) is 0.307. The van der Waals surface area contributed by atoms with E-state index >= 15 is 0 Å². The van der Waals surface area contributed by atoms with Crippen LogP contribution >= 0.6 is 11.8 Å². The first-order valence-electron chi connectivity index (χ1n) is 5.33. The molecule has 18 heavy (non-hydrogen) atoms. The Hall–Kier alpha value is -1.53. The fraction of sp³-hybridized carbons (Fsp3) is 0.167. The summed E-state index contributed by atoms with van der Waals surface area (Å²) in [6.45, 7) is 0.354. The maximum Gasteiger partial charge on any atom is 0.192 e. The Labute approximate surface area is 107 Å². The predicted octanol–water partition coefficient (Wildman–Crippen LogP) is 2.41. The van der Waals surface area contributed by atoms with Gasteiger partial charge in [0.05, 0.1) is 4.90 Å². The minimum absolute atomic E-state index is 0.0954. The van der Waals surface area contributed by atoms with Gasteiger partial charge in [-0.1, -0.05) is 0 Å². The van der Waals surface area contributed by atoms with Crippen molar-refractivity contribution in [1.82, 2.24) is 9.97 Å². The molecule has 1 aromatic heterocycles. The molecular formula is C12H11F2N3S. The van der Waals surface area contributed by atoms with Crippen LogP contribution in [0, 0.1) is 11.6 Å². The monoisotopic (exact) mass is 267 g/mol. The minimum atomic E-state index is -0.615. The fourth-order valence-electron chi connectivity index (χ4n) is 1.45. The van der Waals surface area contributed by atoms with Gasteiger partial charge in [-0.2, -0.15) is 0 Å². The Kier molecular flexibility index (Phi) is 4.22. The van der Waals surface area contributed by atoms with Crippen molar-refractivity contribution >= 4 is 11.8 Å². The Morgan fingerprint density at radius 1 is 1.11 bits per heavy atom. The van der Waals surface area contributed by atoms with E-state index in [1.54, 1.807) is 6.07 Å². The average Bonchev–Trinajstić information content (AvgIpc) is 2.36. The highest BCUT2D eigenvalue weighted by Gasteiger charge is 2.13. The van der Waals surface area contributed by atoms with Gasteiger partial charge in [0.15, 0.2) is 5.16 Å². The smallest absolute Gasteiger partial charge is 0.192 e. The molecule has 2 aromatic rings. The Balaban J connectivity index is 2.28. The van der Waals surface area contributed by atoms with E-state index in [-0.39, 0.29) is 4.90 Å². The van der Waals surface area contributed by atoms with Gasteiger partial charge in [0.2, 0.25) is 0 Å². The molecule has 0 amide bonds. The molecule has 3 nitrogen and oxygen atoms in total. The molecule has 0 aliphatic carbocycles. The SMILES string of the molecule is NCCc1cc(F)c(Sc2ncccn2)c(F)c1. The molecule has 0 saturated heterocycles. The number of nitrogens with zero attached hydrogens (tertiary/aromatic N) is 2. The predicted molar refractivity (Wildman–Crippen MR) is 65.3 cm³/mol. The van der Waals surface area contributed by atoms with Crippen LogP contribution in [0.2, 0.25) is 0 Å². The van der Waals surface area contributed by atoms with E-state index < -0.39 is 11.6 Å². The number of halogens is 2. The van der Waals surface area contributed by atoms with Crippen LogP contribution in [0.5, 0.6) is 0 Å². The molecule has 1 heterocycles. The van der Waals surface area contributed by atoms with Gasteiger partial charge in [-0.15, -0.1) is 0 Å². The van der Waals surface area contributed by atoms with Crippen molar-refractivity contribution in [3.05, 3.63) is 47.8 Å². The Morgan fingerprint density at radius 2 is 1.72 bits per heavy atom. The molecular weight excluding hydrogens is 256 g/mol. The van der Waals surface area contributed by atoms with Crippen LogP contribution in [0.4, 0.5) is 8.78 Å². The van der Waals surface area contributed by atoms with Crippen LogP contribution in [-0.2, 0) is 6.42 Å². The number of hydrogen-bond donors (Lipinski definition) is 1. The summed E-state index contributed by atoms with van der Waals surface area (Å²) in [7, 11) is 0. The van der Waals surface area contributed by atoms with Crippen molar-refractivity contribution < 1.29 is 8.78 Å². The number of aromatic nitrogens is 2. The first-order valence-corrected chi connectivity index (χ1v) is 6.15. The van der Waals surface area contributed by atoms with Crippen molar-refractivity contribution in [2.75, 3.05) is 6.54 Å². The number of hydrogen-bond acceptors (Lipinski definition) is 4. The Bertz CT molecular complexity index is 511. The number of nitrogens with two attached hydrogens (primary N) is 1. The van der Waals surface area contributed by atoms with E-state index in [1.165, 1.54) is 24.5 Å². The molecule has 0 atom stereocenters. The Morgan fingerprint density at radius 3 is 2.28 bits per heavy atom. The zero-order chi connectivity index (χ0) is 13.0. The van der Waals surface area contributed by atoms with Crippen LogP contribution in [0.1, 0.15) is 5.56 Å². The molecule has 0 unspecified atom stereocenters. The largest absolute Gasteiger partial charge is 0.330 e. The molecule has 0 aliphatic heterocycles. The highest BCUT2D eigenvalue weighted by atomic mass is 32.2. The van der Waals surface area contributed by atoms with Gasteiger partial charge in [0.1, 0.15) is 11.6 Å². The summed E-state index contributed by atoms with van der Waals surface area (Å²) in [5.41, 5.74) is 5.90. The minimum Gasteiger partial charge on any atom is -0.330 e. The summed E-state index contributed by atoms with van der Waals surface area (Å²) in [6.07, 6.45) is 3.49. The lowest BCUT2D eigenvalue weighted by Crippen LogP contribution is -2.04. The first-order chi connectivity index (χ1) is 8.70. The van der Waals surface area contributed by atoms with Crippen LogP contribution in [0.15, 0.2) is 40.6 Å². The number of rotatable bonds is 4. The third kappa shape index (κ3) is 3.02. The molecule has 0 saturated carbocycles. The van der Waals surface area contributed by atoms with E-state index in [4.69, 9.17) is 5.73 Å². The number of benzene rings is 1. The van der Waals surface area contributed by atoms with Crippen molar-refractivity contribution in [3.63, 3.8) is 0 Å². The molecule has 6 heteroatoms. The molecule has 0 radical (unpaired) electrons. The summed E-state index contributed by atoms with van der Waals surface area (Å²) in [5.74, 6) is -1.23. The lowest BCUT2D eigenvalue weighted by atomic mass is 10.1. The second kappa shape index (κ2) is 5.88. The third-order valence-electron chi connectivity index (χ3n) is 2.23. The fourth-order valence-corrected chi connectivity index (χ4v) is 2.17. The molecule has 0 aliphatic rings. The van der Waals surface area contributed by atoms with E-state index in [2.05, 4.69) is 9.97 Å². The molecule has 2 N–H and O–H groups in total. The molecule has 0 fully saturated rings. The lowest BCUT2D eigenvalue weighted by molar-refractivity contribution is 0.537. The molecule has 0 bridgehead atoms. The second-order valence-corrected chi connectivity index (χ2v) is 4.54. The van der Waals surface area contributed by atoms with Gasteiger partial charge in [-0.25, -0.2) is 18.7 Å². The van der Waals surface area contributed by atoms with Crippen LogP contribution in [-0.4, -0.2) is 16.5 Å². The van der Waals surface area contributed by atoms with Gasteiger partial charge in [0, 0.05) is 12.4 Å². The highest BCUT2D eigenvalue weighted by molar-refractivity contribution is 7.99. The molecule has 94 valence electrons. The van der Waals surface area contributed by atoms with Crippen molar-refractivity contribution in [1.29, 1.82) is 0 Å². The van der Waals surface area contributed by atoms with Crippen molar-refractivity contribution in [3.8, 4) is 0 Å². The normalized spacial score (nSPS) is 10.6. The zero-order valence-corrected chi connectivity index (χ0v) is 10.3. The zero-order valence-electron chi connectivity index (χ0n) is 9.44. The van der Waals surface area contributed by atoms with Gasteiger partial charge >= 0.3 is 0 Å². The van der Waals surface area contributed by atoms with Crippen molar-refractivity contribution in [2.24, 2.45) is 5.73 Å². The molecule has 0 spiro atoms. The summed E-state index contributed by atoms with van der Waals surface area (Å²) in [4.78, 5) is 7.73. The topological polar surface area (TPSA) is 51.8 Å². The highest BCUT2D eigenvalue weighted by Crippen LogP contribution is 2.30.